The van der Waals surface area contributed by atoms with Crippen LogP contribution in [-0.2, 0) is 12.7 Å². The number of carbonyl (C=O) groups excluding carboxylic acids is 1. The third-order valence-corrected chi connectivity index (χ3v) is 4.33. The van der Waals surface area contributed by atoms with Gasteiger partial charge in [0.2, 0.25) is 0 Å². The first-order valence-electron chi connectivity index (χ1n) is 7.95. The molecule has 8 heteroatoms. The summed E-state index contributed by atoms with van der Waals surface area (Å²) < 4.78 is 54.3. The van der Waals surface area contributed by atoms with Gasteiger partial charge in [-0.25, -0.2) is 4.39 Å². The van der Waals surface area contributed by atoms with E-state index in [-0.39, 0.29) is 12.2 Å². The fourth-order valence-corrected chi connectivity index (χ4v) is 3.00. The minimum atomic E-state index is -4.72. The highest BCUT2D eigenvalue weighted by molar-refractivity contribution is 5.96. The fourth-order valence-electron chi connectivity index (χ4n) is 3.00. The Hall–Kier alpha value is -2.38. The van der Waals surface area contributed by atoms with E-state index in [0.29, 0.717) is 18.7 Å². The van der Waals surface area contributed by atoms with E-state index in [4.69, 9.17) is 0 Å². The molecule has 25 heavy (non-hydrogen) atoms. The summed E-state index contributed by atoms with van der Waals surface area (Å²) in [6.45, 7) is 2.40. The minimum absolute atomic E-state index is 0.0302. The van der Waals surface area contributed by atoms with Gasteiger partial charge in [-0.3, -0.25) is 9.48 Å². The highest BCUT2D eigenvalue weighted by atomic mass is 19.4. The number of hydrogen-bond acceptors (Lipinski definition) is 2. The maximum absolute atomic E-state index is 13.4. The Morgan fingerprint density at radius 2 is 1.76 bits per heavy atom. The topological polar surface area (TPSA) is 38.1 Å². The van der Waals surface area contributed by atoms with Crippen LogP contribution in [0.15, 0.2) is 24.3 Å². The lowest BCUT2D eigenvalue weighted by atomic mass is 10.1. The lowest BCUT2D eigenvalue weighted by molar-refractivity contribution is -0.141. The summed E-state index contributed by atoms with van der Waals surface area (Å²) >= 11 is 0. The largest absolute Gasteiger partial charge is 0.435 e. The van der Waals surface area contributed by atoms with Gasteiger partial charge >= 0.3 is 6.18 Å². The van der Waals surface area contributed by atoms with Crippen molar-refractivity contribution in [1.29, 1.82) is 0 Å². The summed E-state index contributed by atoms with van der Waals surface area (Å²) in [5, 5.41) is 3.64. The monoisotopic (exact) mass is 355 g/mol. The molecule has 1 aliphatic rings. The number of halogens is 4. The van der Waals surface area contributed by atoms with Crippen molar-refractivity contribution in [1.82, 2.24) is 14.7 Å². The van der Waals surface area contributed by atoms with E-state index in [2.05, 4.69) is 5.10 Å². The number of benzene rings is 1. The van der Waals surface area contributed by atoms with Crippen molar-refractivity contribution in [2.45, 2.75) is 32.5 Å². The van der Waals surface area contributed by atoms with Crippen molar-refractivity contribution in [2.75, 3.05) is 13.1 Å². The second-order valence-electron chi connectivity index (χ2n) is 6.09. The first kappa shape index (κ1) is 17.4. The van der Waals surface area contributed by atoms with Crippen molar-refractivity contribution in [3.8, 4) is 0 Å². The maximum Gasteiger partial charge on any atom is 0.435 e. The Labute approximate surface area is 142 Å². The summed E-state index contributed by atoms with van der Waals surface area (Å²) in [5.41, 5.74) is -0.796. The van der Waals surface area contributed by atoms with E-state index in [1.165, 1.54) is 36.1 Å². The molecule has 1 saturated heterocycles. The molecule has 1 amide bonds. The summed E-state index contributed by atoms with van der Waals surface area (Å²) in [6, 6.07) is 5.42. The number of nitrogens with zero attached hydrogens (tertiary/aromatic N) is 3. The van der Waals surface area contributed by atoms with Gasteiger partial charge in [0, 0.05) is 18.8 Å². The fraction of sp³-hybridized carbons (Fsp3) is 0.412. The van der Waals surface area contributed by atoms with Crippen molar-refractivity contribution < 1.29 is 22.4 Å². The molecule has 0 N–H and O–H groups in total. The second-order valence-corrected chi connectivity index (χ2v) is 6.09. The molecule has 1 fully saturated rings. The Morgan fingerprint density at radius 3 is 2.32 bits per heavy atom. The average Bonchev–Trinajstić information content (AvgIpc) is 3.18. The van der Waals surface area contributed by atoms with Crippen LogP contribution in [0, 0.1) is 12.7 Å². The number of aromatic nitrogens is 2. The van der Waals surface area contributed by atoms with Crippen molar-refractivity contribution in [3.05, 3.63) is 52.6 Å². The molecule has 2 heterocycles. The highest BCUT2D eigenvalue weighted by Gasteiger charge is 2.42. The van der Waals surface area contributed by atoms with Crippen LogP contribution in [0.25, 0.3) is 0 Å². The Kier molecular flexibility index (Phi) is 4.53. The number of rotatable bonds is 3. The van der Waals surface area contributed by atoms with Crippen LogP contribution in [0.3, 0.4) is 0 Å². The predicted molar refractivity (Wildman–Crippen MR) is 82.6 cm³/mol. The molecule has 0 saturated carbocycles. The number of likely N-dealkylation sites (tertiary alicyclic amines) is 1. The molecule has 0 unspecified atom stereocenters. The number of alkyl halides is 3. The molecule has 1 aromatic carbocycles. The van der Waals surface area contributed by atoms with Gasteiger partial charge in [0.15, 0.2) is 5.69 Å². The van der Waals surface area contributed by atoms with Gasteiger partial charge in [-0.1, -0.05) is 12.1 Å². The van der Waals surface area contributed by atoms with E-state index in [1.54, 1.807) is 0 Å². The molecular formula is C17H17F4N3O. The van der Waals surface area contributed by atoms with Crippen LogP contribution in [0.2, 0.25) is 0 Å². The molecule has 0 bridgehead atoms. The Bertz CT molecular complexity index is 774. The van der Waals surface area contributed by atoms with Gasteiger partial charge in [0.1, 0.15) is 5.82 Å². The predicted octanol–water partition coefficient (Wildman–Crippen LogP) is 3.63. The van der Waals surface area contributed by atoms with E-state index in [0.717, 1.165) is 17.5 Å². The lowest BCUT2D eigenvalue weighted by Gasteiger charge is -2.16. The highest BCUT2D eigenvalue weighted by Crippen LogP contribution is 2.34. The van der Waals surface area contributed by atoms with Gasteiger partial charge in [-0.15, -0.1) is 0 Å². The molecule has 3 rings (SSSR count). The van der Waals surface area contributed by atoms with E-state index >= 15 is 0 Å². The van der Waals surface area contributed by atoms with Crippen molar-refractivity contribution in [3.63, 3.8) is 0 Å². The smallest absolute Gasteiger partial charge is 0.339 e. The normalized spacial score (nSPS) is 15.0. The van der Waals surface area contributed by atoms with Gasteiger partial charge in [-0.2, -0.15) is 18.3 Å². The molecule has 0 atom stereocenters. The molecule has 4 nitrogen and oxygen atoms in total. The second kappa shape index (κ2) is 6.50. The third kappa shape index (κ3) is 3.52. The van der Waals surface area contributed by atoms with Crippen LogP contribution in [0.1, 0.15) is 40.2 Å². The molecule has 0 aliphatic carbocycles. The number of hydrogen-bond donors (Lipinski definition) is 0. The summed E-state index contributed by atoms with van der Waals surface area (Å²) in [4.78, 5) is 14.0. The van der Waals surface area contributed by atoms with Gasteiger partial charge in [0.25, 0.3) is 5.91 Å². The quantitative estimate of drug-likeness (QED) is 0.789. The summed E-state index contributed by atoms with van der Waals surface area (Å²) in [5.74, 6) is -1.06. The lowest BCUT2D eigenvalue weighted by Crippen LogP contribution is -2.29. The Balaban J connectivity index is 1.99. The van der Waals surface area contributed by atoms with Gasteiger partial charge < -0.3 is 4.90 Å². The Morgan fingerprint density at radius 1 is 1.16 bits per heavy atom. The molecule has 1 aliphatic heterocycles. The molecule has 0 radical (unpaired) electrons. The van der Waals surface area contributed by atoms with Crippen molar-refractivity contribution in [2.24, 2.45) is 0 Å². The SMILES string of the molecule is Cc1c(C(=O)N2CCCC2)c(C(F)(F)F)nn1Cc1ccc(F)cc1. The van der Waals surface area contributed by atoms with Gasteiger partial charge in [0.05, 0.1) is 12.1 Å². The molecule has 134 valence electrons. The van der Waals surface area contributed by atoms with Crippen LogP contribution >= 0.6 is 0 Å². The van der Waals surface area contributed by atoms with E-state index in [9.17, 15) is 22.4 Å². The third-order valence-electron chi connectivity index (χ3n) is 4.33. The molecule has 1 aromatic heterocycles. The molecule has 2 aromatic rings. The summed E-state index contributed by atoms with van der Waals surface area (Å²) in [7, 11) is 0. The van der Waals surface area contributed by atoms with Crippen LogP contribution in [0.4, 0.5) is 17.6 Å². The molecular weight excluding hydrogens is 338 g/mol. The van der Waals surface area contributed by atoms with E-state index < -0.39 is 29.2 Å². The van der Waals surface area contributed by atoms with Crippen LogP contribution in [-0.4, -0.2) is 33.7 Å². The maximum atomic E-state index is 13.4. The zero-order valence-electron chi connectivity index (χ0n) is 13.6. The van der Waals surface area contributed by atoms with Crippen molar-refractivity contribution >= 4 is 5.91 Å². The van der Waals surface area contributed by atoms with Crippen LogP contribution < -0.4 is 0 Å². The molecule has 0 spiro atoms. The number of carbonyl (C=O) groups is 1. The minimum Gasteiger partial charge on any atom is -0.339 e. The first-order valence-corrected chi connectivity index (χ1v) is 7.95. The number of amides is 1. The summed E-state index contributed by atoms with van der Waals surface area (Å²) in [6.07, 6.45) is -3.14. The zero-order valence-corrected chi connectivity index (χ0v) is 13.6. The van der Waals surface area contributed by atoms with E-state index in [1.807, 2.05) is 0 Å². The first-order chi connectivity index (χ1) is 11.8. The zero-order chi connectivity index (χ0) is 18.2. The van der Waals surface area contributed by atoms with Gasteiger partial charge in [-0.05, 0) is 37.5 Å². The van der Waals surface area contributed by atoms with Crippen LogP contribution in [0.5, 0.6) is 0 Å². The standard InChI is InChI=1S/C17H17F4N3O/c1-11-14(16(25)23-8-2-3-9-23)15(17(19,20)21)22-24(11)10-12-4-6-13(18)7-5-12/h4-7H,2-3,8-10H2,1H3. The average molecular weight is 355 g/mol.